The molecule has 0 aliphatic rings. The van der Waals surface area contributed by atoms with Crippen LogP contribution in [0.1, 0.15) is 15.9 Å². The van der Waals surface area contributed by atoms with Gasteiger partial charge in [-0.2, -0.15) is 0 Å². The van der Waals surface area contributed by atoms with Crippen molar-refractivity contribution >= 4 is 51.6 Å². The molecule has 0 amide bonds. The molecule has 0 atom stereocenters. The third kappa shape index (κ3) is 4.21. The SMILES string of the molecule is CN(C)/C=N/c1ccc2nc(SCc3ccc(C=O)cc3)sc2c1. The van der Waals surface area contributed by atoms with Crippen molar-refractivity contribution < 1.29 is 4.79 Å². The molecule has 0 spiro atoms. The normalized spacial score (nSPS) is 11.2. The van der Waals surface area contributed by atoms with E-state index in [2.05, 4.69) is 16.0 Å². The molecule has 0 saturated carbocycles. The Morgan fingerprint density at radius 2 is 2.00 bits per heavy atom. The van der Waals surface area contributed by atoms with Gasteiger partial charge < -0.3 is 4.90 Å². The smallest absolute Gasteiger partial charge is 0.151 e. The van der Waals surface area contributed by atoms with E-state index < -0.39 is 0 Å². The van der Waals surface area contributed by atoms with Gasteiger partial charge in [0.05, 0.1) is 22.2 Å². The zero-order chi connectivity index (χ0) is 16.9. The number of hydrogen-bond acceptors (Lipinski definition) is 5. The summed E-state index contributed by atoms with van der Waals surface area (Å²) in [5.74, 6) is 0.838. The monoisotopic (exact) mass is 355 g/mol. The fourth-order valence-corrected chi connectivity index (χ4v) is 4.11. The summed E-state index contributed by atoms with van der Waals surface area (Å²) < 4.78 is 2.18. The van der Waals surface area contributed by atoms with Crippen LogP contribution >= 0.6 is 23.1 Å². The molecule has 0 bridgehead atoms. The van der Waals surface area contributed by atoms with Crippen LogP contribution in [-0.4, -0.2) is 36.6 Å². The molecule has 0 aliphatic heterocycles. The summed E-state index contributed by atoms with van der Waals surface area (Å²) in [5, 5.41) is 0. The minimum Gasteiger partial charge on any atom is -0.369 e. The van der Waals surface area contributed by atoms with Crippen molar-refractivity contribution in [1.29, 1.82) is 0 Å². The number of aliphatic imine (C=N–C) groups is 1. The van der Waals surface area contributed by atoms with Crippen LogP contribution in [-0.2, 0) is 5.75 Å². The molecule has 122 valence electrons. The van der Waals surface area contributed by atoms with Gasteiger partial charge in [-0.15, -0.1) is 11.3 Å². The van der Waals surface area contributed by atoms with Gasteiger partial charge in [0.25, 0.3) is 0 Å². The van der Waals surface area contributed by atoms with Crippen molar-refractivity contribution in [3.05, 3.63) is 53.6 Å². The first-order valence-electron chi connectivity index (χ1n) is 7.42. The molecule has 0 radical (unpaired) electrons. The molecular weight excluding hydrogens is 338 g/mol. The number of aldehydes is 1. The van der Waals surface area contributed by atoms with Crippen molar-refractivity contribution in [1.82, 2.24) is 9.88 Å². The first-order valence-corrected chi connectivity index (χ1v) is 9.22. The standard InChI is InChI=1S/C18H17N3OS2/c1-21(2)12-19-15-7-8-16-17(9-15)24-18(20-16)23-11-14-5-3-13(10-22)4-6-14/h3-10,12H,11H2,1-2H3/b19-12+. The van der Waals surface area contributed by atoms with E-state index in [1.54, 1.807) is 29.4 Å². The lowest BCUT2D eigenvalue weighted by Crippen LogP contribution is -2.06. The number of carbonyl (C=O) groups is 1. The van der Waals surface area contributed by atoms with Crippen molar-refractivity contribution in [2.45, 2.75) is 10.1 Å². The van der Waals surface area contributed by atoms with Gasteiger partial charge in [0.15, 0.2) is 4.34 Å². The van der Waals surface area contributed by atoms with Crippen LogP contribution in [0.25, 0.3) is 10.2 Å². The van der Waals surface area contributed by atoms with Crippen molar-refractivity contribution in [3.63, 3.8) is 0 Å². The second kappa shape index (κ2) is 7.59. The quantitative estimate of drug-likeness (QED) is 0.280. The Kier molecular flexibility index (Phi) is 5.27. The number of rotatable bonds is 6. The van der Waals surface area contributed by atoms with E-state index >= 15 is 0 Å². The maximum atomic E-state index is 10.7. The zero-order valence-electron chi connectivity index (χ0n) is 13.5. The molecule has 3 aromatic rings. The minimum atomic E-state index is 0.703. The number of carbonyl (C=O) groups excluding carboxylic acids is 1. The molecule has 0 unspecified atom stereocenters. The van der Waals surface area contributed by atoms with Gasteiger partial charge in [0, 0.05) is 25.4 Å². The third-order valence-electron chi connectivity index (χ3n) is 3.27. The molecule has 3 rings (SSSR count). The van der Waals surface area contributed by atoms with Crippen LogP contribution in [0.5, 0.6) is 0 Å². The number of thioether (sulfide) groups is 1. The van der Waals surface area contributed by atoms with Gasteiger partial charge in [0.2, 0.25) is 0 Å². The molecular formula is C18H17N3OS2. The summed E-state index contributed by atoms with van der Waals surface area (Å²) >= 11 is 3.39. The third-order valence-corrected chi connectivity index (χ3v) is 5.50. The highest BCUT2D eigenvalue weighted by Gasteiger charge is 2.06. The van der Waals surface area contributed by atoms with Crippen LogP contribution in [0.4, 0.5) is 5.69 Å². The zero-order valence-corrected chi connectivity index (χ0v) is 15.1. The van der Waals surface area contributed by atoms with E-state index in [0.29, 0.717) is 5.56 Å². The van der Waals surface area contributed by atoms with Gasteiger partial charge in [-0.3, -0.25) is 4.79 Å². The van der Waals surface area contributed by atoms with E-state index in [0.717, 1.165) is 32.3 Å². The Bertz CT molecular complexity index is 870. The lowest BCUT2D eigenvalue weighted by atomic mass is 10.2. The lowest BCUT2D eigenvalue weighted by molar-refractivity contribution is 0.112. The number of fused-ring (bicyclic) bond motifs is 1. The fourth-order valence-electron chi connectivity index (χ4n) is 2.05. The Morgan fingerprint density at radius 3 is 2.71 bits per heavy atom. The molecule has 1 aromatic heterocycles. The summed E-state index contributed by atoms with van der Waals surface area (Å²) in [6, 6.07) is 13.7. The molecule has 4 nitrogen and oxygen atoms in total. The molecule has 1 heterocycles. The molecule has 0 fully saturated rings. The van der Waals surface area contributed by atoms with Gasteiger partial charge in [0.1, 0.15) is 6.29 Å². The van der Waals surface area contributed by atoms with Crippen LogP contribution in [0.3, 0.4) is 0 Å². The predicted molar refractivity (Wildman–Crippen MR) is 103 cm³/mol. The predicted octanol–water partition coefficient (Wildman–Crippen LogP) is 4.62. The summed E-state index contributed by atoms with van der Waals surface area (Å²) in [6.07, 6.45) is 2.65. The molecule has 2 aromatic carbocycles. The van der Waals surface area contributed by atoms with Crippen LogP contribution in [0, 0.1) is 0 Å². The number of thiazole rings is 1. The highest BCUT2D eigenvalue weighted by Crippen LogP contribution is 2.33. The Balaban J connectivity index is 1.71. The summed E-state index contributed by atoms with van der Waals surface area (Å²) in [4.78, 5) is 21.7. The summed E-state index contributed by atoms with van der Waals surface area (Å²) in [7, 11) is 3.90. The Labute approximate surface area is 149 Å². The topological polar surface area (TPSA) is 45.6 Å². The maximum absolute atomic E-state index is 10.7. The van der Waals surface area contributed by atoms with Crippen molar-refractivity contribution in [3.8, 4) is 0 Å². The molecule has 0 aliphatic carbocycles. The number of aromatic nitrogens is 1. The second-order valence-corrected chi connectivity index (χ2v) is 7.74. The number of nitrogens with zero attached hydrogens (tertiary/aromatic N) is 3. The molecule has 24 heavy (non-hydrogen) atoms. The van der Waals surface area contributed by atoms with Crippen molar-refractivity contribution in [2.24, 2.45) is 4.99 Å². The first kappa shape index (κ1) is 16.7. The fraction of sp³-hybridized carbons (Fsp3) is 0.167. The summed E-state index contributed by atoms with van der Waals surface area (Å²) in [5.41, 5.74) is 3.82. The van der Waals surface area contributed by atoms with E-state index in [-0.39, 0.29) is 0 Å². The van der Waals surface area contributed by atoms with E-state index in [4.69, 9.17) is 0 Å². The van der Waals surface area contributed by atoms with Gasteiger partial charge in [-0.25, -0.2) is 9.98 Å². The van der Waals surface area contributed by atoms with E-state index in [9.17, 15) is 4.79 Å². The Morgan fingerprint density at radius 1 is 1.21 bits per heavy atom. The highest BCUT2D eigenvalue weighted by atomic mass is 32.2. The van der Waals surface area contributed by atoms with Gasteiger partial charge in [-0.05, 0) is 23.8 Å². The minimum absolute atomic E-state index is 0.703. The number of hydrogen-bond donors (Lipinski definition) is 0. The first-order chi connectivity index (χ1) is 11.6. The van der Waals surface area contributed by atoms with E-state index in [1.807, 2.05) is 55.4 Å². The van der Waals surface area contributed by atoms with Gasteiger partial charge >= 0.3 is 0 Å². The second-order valence-electron chi connectivity index (χ2n) is 5.49. The van der Waals surface area contributed by atoms with E-state index in [1.165, 1.54) is 5.56 Å². The van der Waals surface area contributed by atoms with Crippen LogP contribution < -0.4 is 0 Å². The molecule has 6 heteroatoms. The average molecular weight is 355 g/mol. The van der Waals surface area contributed by atoms with Crippen LogP contribution in [0.2, 0.25) is 0 Å². The lowest BCUT2D eigenvalue weighted by Gasteiger charge is -2.01. The van der Waals surface area contributed by atoms with Crippen molar-refractivity contribution in [2.75, 3.05) is 14.1 Å². The highest BCUT2D eigenvalue weighted by molar-refractivity contribution is 8.00. The molecule has 0 N–H and O–H groups in total. The molecule has 0 saturated heterocycles. The largest absolute Gasteiger partial charge is 0.369 e. The summed E-state index contributed by atoms with van der Waals surface area (Å²) in [6.45, 7) is 0. The van der Waals surface area contributed by atoms with Crippen LogP contribution in [0.15, 0.2) is 51.8 Å². The number of benzene rings is 2. The average Bonchev–Trinajstić information content (AvgIpc) is 3.00. The van der Waals surface area contributed by atoms with Gasteiger partial charge in [-0.1, -0.05) is 36.0 Å². The Hall–Kier alpha value is -2.18. The maximum Gasteiger partial charge on any atom is 0.151 e.